The molecular weight excluding hydrogens is 172 g/mol. The molecule has 1 unspecified atom stereocenters. The quantitative estimate of drug-likeness (QED) is 0.401. The summed E-state index contributed by atoms with van der Waals surface area (Å²) in [5.41, 5.74) is 0. The van der Waals surface area contributed by atoms with Gasteiger partial charge in [-0.15, -0.1) is 6.42 Å². The Labute approximate surface area is 78.2 Å². The Bertz CT molecular complexity index is 177. The van der Waals surface area contributed by atoms with Crippen LogP contribution in [0.25, 0.3) is 0 Å². The Hall–Kier alpha value is -0.600. The smallest absolute Gasteiger partial charge is 0.161 e. The molecule has 0 amide bonds. The van der Waals surface area contributed by atoms with Crippen molar-refractivity contribution in [3.63, 3.8) is 0 Å². The topological polar surface area (TPSA) is 69.9 Å². The first kappa shape index (κ1) is 12.4. The molecule has 0 aromatic heterocycles. The summed E-state index contributed by atoms with van der Waals surface area (Å²) in [5.74, 6) is 0.943. The minimum atomic E-state index is -1.33. The third-order valence-corrected chi connectivity index (χ3v) is 1.31. The van der Waals surface area contributed by atoms with Gasteiger partial charge in [0.15, 0.2) is 5.79 Å². The minimum Gasteiger partial charge on any atom is -0.394 e. The van der Waals surface area contributed by atoms with E-state index in [0.717, 1.165) is 0 Å². The lowest BCUT2D eigenvalue weighted by Crippen LogP contribution is -2.32. The molecule has 0 spiro atoms. The van der Waals surface area contributed by atoms with Crippen molar-refractivity contribution in [1.82, 2.24) is 0 Å². The first-order valence-electron chi connectivity index (χ1n) is 4.04. The molecule has 0 radical (unpaired) electrons. The zero-order valence-corrected chi connectivity index (χ0v) is 7.90. The highest BCUT2D eigenvalue weighted by Crippen LogP contribution is 2.11. The van der Waals surface area contributed by atoms with Crippen LogP contribution in [0, 0.1) is 12.3 Å². The van der Waals surface area contributed by atoms with Crippen LogP contribution in [0.2, 0.25) is 0 Å². The van der Waals surface area contributed by atoms with Crippen molar-refractivity contribution in [2.75, 3.05) is 6.61 Å². The number of aliphatic hydroxyl groups excluding tert-OH is 2. The first-order valence-corrected chi connectivity index (χ1v) is 4.04. The van der Waals surface area contributed by atoms with Gasteiger partial charge in [0, 0.05) is 6.42 Å². The van der Waals surface area contributed by atoms with Gasteiger partial charge in [0.1, 0.15) is 6.10 Å². The molecule has 4 nitrogen and oxygen atoms in total. The molecule has 0 aliphatic carbocycles. The van der Waals surface area contributed by atoms with Gasteiger partial charge in [-0.1, -0.05) is 5.92 Å². The van der Waals surface area contributed by atoms with Gasteiger partial charge >= 0.3 is 0 Å². The van der Waals surface area contributed by atoms with Gasteiger partial charge in [-0.05, 0) is 13.8 Å². The van der Waals surface area contributed by atoms with E-state index in [1.807, 2.05) is 0 Å². The van der Waals surface area contributed by atoms with Gasteiger partial charge in [0.2, 0.25) is 0 Å². The predicted molar refractivity (Wildman–Crippen MR) is 47.7 cm³/mol. The molecule has 4 heteroatoms. The second-order valence-corrected chi connectivity index (χ2v) is 3.29. The minimum absolute atomic E-state index is 0.108. The summed E-state index contributed by atoms with van der Waals surface area (Å²) in [6.45, 7) is 2.53. The number of aliphatic hydroxyl groups is 3. The van der Waals surface area contributed by atoms with Gasteiger partial charge in [0.05, 0.1) is 12.7 Å². The molecule has 0 aliphatic heterocycles. The number of hydrogen-bond donors (Lipinski definition) is 3. The molecule has 0 bridgehead atoms. The fourth-order valence-electron chi connectivity index (χ4n) is 0.820. The zero-order chi connectivity index (χ0) is 10.5. The average molecular weight is 188 g/mol. The molecule has 0 aromatic carbocycles. The summed E-state index contributed by atoms with van der Waals surface area (Å²) >= 11 is 0. The molecule has 2 atom stereocenters. The van der Waals surface area contributed by atoms with E-state index in [1.54, 1.807) is 0 Å². The maximum Gasteiger partial charge on any atom is 0.161 e. The Balaban J connectivity index is 3.99. The van der Waals surface area contributed by atoms with E-state index in [9.17, 15) is 5.11 Å². The Morgan fingerprint density at radius 3 is 2.38 bits per heavy atom. The molecule has 0 aromatic rings. The van der Waals surface area contributed by atoms with Crippen molar-refractivity contribution in [2.24, 2.45) is 0 Å². The lowest BCUT2D eigenvalue weighted by molar-refractivity contribution is -0.197. The lowest BCUT2D eigenvalue weighted by Gasteiger charge is -2.23. The summed E-state index contributed by atoms with van der Waals surface area (Å²) in [6.07, 6.45) is 3.61. The van der Waals surface area contributed by atoms with Crippen molar-refractivity contribution in [3.05, 3.63) is 0 Å². The second-order valence-electron chi connectivity index (χ2n) is 3.29. The van der Waals surface area contributed by atoms with Crippen molar-refractivity contribution in [3.8, 4) is 12.3 Å². The van der Waals surface area contributed by atoms with Crippen molar-refractivity contribution in [2.45, 2.75) is 38.3 Å². The third kappa shape index (κ3) is 6.55. The van der Waals surface area contributed by atoms with Crippen LogP contribution in [0.5, 0.6) is 0 Å². The van der Waals surface area contributed by atoms with E-state index in [-0.39, 0.29) is 13.0 Å². The van der Waals surface area contributed by atoms with Crippen LogP contribution in [0.3, 0.4) is 0 Å². The Kier molecular flexibility index (Phi) is 4.96. The number of rotatable bonds is 5. The van der Waals surface area contributed by atoms with E-state index < -0.39 is 18.0 Å². The maximum absolute atomic E-state index is 9.24. The zero-order valence-electron chi connectivity index (χ0n) is 7.90. The van der Waals surface area contributed by atoms with E-state index in [4.69, 9.17) is 21.4 Å². The highest BCUT2D eigenvalue weighted by molar-refractivity contribution is 4.96. The molecule has 0 saturated carbocycles. The predicted octanol–water partition coefficient (Wildman–Crippen LogP) is -0.524. The highest BCUT2D eigenvalue weighted by Gasteiger charge is 2.20. The lowest BCUT2D eigenvalue weighted by atomic mass is 10.1. The number of ether oxygens (including phenoxy) is 1. The summed E-state index contributed by atoms with van der Waals surface area (Å²) in [6, 6.07) is 0. The van der Waals surface area contributed by atoms with Crippen LogP contribution in [0.4, 0.5) is 0 Å². The van der Waals surface area contributed by atoms with Crippen LogP contribution in [0.1, 0.15) is 20.3 Å². The highest BCUT2D eigenvalue weighted by atomic mass is 16.6. The van der Waals surface area contributed by atoms with Crippen molar-refractivity contribution >= 4 is 0 Å². The van der Waals surface area contributed by atoms with E-state index in [2.05, 4.69) is 5.92 Å². The molecule has 13 heavy (non-hydrogen) atoms. The van der Waals surface area contributed by atoms with Crippen molar-refractivity contribution in [1.29, 1.82) is 0 Å². The maximum atomic E-state index is 9.24. The van der Waals surface area contributed by atoms with Crippen LogP contribution < -0.4 is 0 Å². The number of hydrogen-bond acceptors (Lipinski definition) is 4. The molecule has 0 fully saturated rings. The van der Waals surface area contributed by atoms with Crippen LogP contribution >= 0.6 is 0 Å². The van der Waals surface area contributed by atoms with Gasteiger partial charge in [-0.2, -0.15) is 0 Å². The third-order valence-electron chi connectivity index (χ3n) is 1.31. The summed E-state index contributed by atoms with van der Waals surface area (Å²) < 4.78 is 5.01. The summed E-state index contributed by atoms with van der Waals surface area (Å²) in [4.78, 5) is 0. The molecule has 76 valence electrons. The van der Waals surface area contributed by atoms with Gasteiger partial charge in [-0.25, -0.2) is 0 Å². The average Bonchev–Trinajstić information content (AvgIpc) is 2.00. The molecule has 0 saturated heterocycles. The number of terminal acetylenes is 1. The van der Waals surface area contributed by atoms with Gasteiger partial charge in [-0.3, -0.25) is 0 Å². The summed E-state index contributed by atoms with van der Waals surface area (Å²) in [5, 5.41) is 26.8. The van der Waals surface area contributed by atoms with Crippen LogP contribution in [0.15, 0.2) is 0 Å². The molecule has 0 heterocycles. The molecule has 0 aliphatic rings. The standard InChI is InChI=1S/C9H16O4/c1-4-8(5-7(11)6-10)13-9(2,3)12/h1,7-8,10-12H,5-6H2,2-3H3/t7?,8-/m1/s1. The molecule has 3 N–H and O–H groups in total. The van der Waals surface area contributed by atoms with Gasteiger partial charge in [0.25, 0.3) is 0 Å². The molecule has 0 rings (SSSR count). The summed E-state index contributed by atoms with van der Waals surface area (Å²) in [7, 11) is 0. The van der Waals surface area contributed by atoms with E-state index >= 15 is 0 Å². The second kappa shape index (κ2) is 5.20. The van der Waals surface area contributed by atoms with Crippen LogP contribution in [-0.2, 0) is 4.74 Å². The largest absolute Gasteiger partial charge is 0.394 e. The SMILES string of the molecule is C#C[C@H](CC(O)CO)OC(C)(C)O. The van der Waals surface area contributed by atoms with E-state index in [1.165, 1.54) is 13.8 Å². The Morgan fingerprint density at radius 1 is 1.54 bits per heavy atom. The fraction of sp³-hybridized carbons (Fsp3) is 0.778. The fourth-order valence-corrected chi connectivity index (χ4v) is 0.820. The Morgan fingerprint density at radius 2 is 2.08 bits per heavy atom. The monoisotopic (exact) mass is 188 g/mol. The van der Waals surface area contributed by atoms with Crippen LogP contribution in [-0.4, -0.2) is 39.9 Å². The normalized spacial score (nSPS) is 16.3. The van der Waals surface area contributed by atoms with Crippen molar-refractivity contribution < 1.29 is 20.1 Å². The molecular formula is C9H16O4. The first-order chi connectivity index (χ1) is 5.89. The van der Waals surface area contributed by atoms with Gasteiger partial charge < -0.3 is 20.1 Å². The van der Waals surface area contributed by atoms with E-state index in [0.29, 0.717) is 0 Å².